The molecule has 1 aliphatic heterocycles. The number of hydrogen-bond acceptors (Lipinski definition) is 3. The summed E-state index contributed by atoms with van der Waals surface area (Å²) in [5, 5.41) is 10.1. The van der Waals surface area contributed by atoms with Crippen LogP contribution in [0.1, 0.15) is 30.9 Å². The summed E-state index contributed by atoms with van der Waals surface area (Å²) in [5.74, 6) is 1.63. The quantitative estimate of drug-likeness (QED) is 0.898. The molecule has 2 atom stereocenters. The first-order valence-corrected chi connectivity index (χ1v) is 7.65. The van der Waals surface area contributed by atoms with Gasteiger partial charge in [-0.3, -0.25) is 0 Å². The second kappa shape index (κ2) is 7.09. The molecule has 2 rings (SSSR count). The van der Waals surface area contributed by atoms with Crippen LogP contribution in [0.5, 0.6) is 5.75 Å². The molecule has 0 spiro atoms. The zero-order chi connectivity index (χ0) is 14.5. The summed E-state index contributed by atoms with van der Waals surface area (Å²) in [6.07, 6.45) is 2.14. The molecule has 1 heterocycles. The second-order valence-electron chi connectivity index (χ2n) is 6.17. The van der Waals surface area contributed by atoms with Gasteiger partial charge in [-0.2, -0.15) is 0 Å². The van der Waals surface area contributed by atoms with E-state index in [0.717, 1.165) is 36.9 Å². The number of aliphatic hydroxyl groups is 1. The van der Waals surface area contributed by atoms with Crippen LogP contribution in [-0.4, -0.2) is 42.4 Å². The Morgan fingerprint density at radius 2 is 2.20 bits per heavy atom. The third kappa shape index (κ3) is 4.22. The molecular formula is C17H27NO2. The van der Waals surface area contributed by atoms with Gasteiger partial charge in [0.1, 0.15) is 18.5 Å². The van der Waals surface area contributed by atoms with E-state index in [1.54, 1.807) is 0 Å². The van der Waals surface area contributed by atoms with Crippen LogP contribution >= 0.6 is 0 Å². The van der Waals surface area contributed by atoms with E-state index in [9.17, 15) is 5.11 Å². The topological polar surface area (TPSA) is 32.7 Å². The van der Waals surface area contributed by atoms with Crippen molar-refractivity contribution in [3.63, 3.8) is 0 Å². The number of benzene rings is 1. The first-order valence-electron chi connectivity index (χ1n) is 7.65. The van der Waals surface area contributed by atoms with E-state index in [0.29, 0.717) is 6.61 Å². The predicted octanol–water partition coefficient (Wildman–Crippen LogP) is 2.78. The summed E-state index contributed by atoms with van der Waals surface area (Å²) in [7, 11) is 0. The third-order valence-corrected chi connectivity index (χ3v) is 4.20. The fourth-order valence-corrected chi connectivity index (χ4v) is 2.87. The molecule has 3 nitrogen and oxygen atoms in total. The monoisotopic (exact) mass is 277 g/mol. The maximum Gasteiger partial charge on any atom is 0.122 e. The lowest BCUT2D eigenvalue weighted by Gasteiger charge is -2.32. The molecule has 0 radical (unpaired) electrons. The van der Waals surface area contributed by atoms with Crippen LogP contribution in [-0.2, 0) is 0 Å². The Morgan fingerprint density at radius 1 is 1.40 bits per heavy atom. The minimum atomic E-state index is -0.416. The number of piperidine rings is 1. The van der Waals surface area contributed by atoms with Gasteiger partial charge in [0, 0.05) is 13.1 Å². The van der Waals surface area contributed by atoms with Crippen LogP contribution in [0, 0.1) is 19.8 Å². The van der Waals surface area contributed by atoms with Crippen LogP contribution in [0.4, 0.5) is 0 Å². The average Bonchev–Trinajstić information content (AvgIpc) is 2.40. The largest absolute Gasteiger partial charge is 0.491 e. The fourth-order valence-electron chi connectivity index (χ4n) is 2.87. The van der Waals surface area contributed by atoms with Crippen LogP contribution in [0.25, 0.3) is 0 Å². The molecule has 0 amide bonds. The van der Waals surface area contributed by atoms with Gasteiger partial charge in [-0.25, -0.2) is 0 Å². The van der Waals surface area contributed by atoms with Gasteiger partial charge in [-0.15, -0.1) is 0 Å². The molecule has 0 bridgehead atoms. The molecule has 1 fully saturated rings. The van der Waals surface area contributed by atoms with E-state index in [2.05, 4.69) is 31.7 Å². The molecule has 0 aromatic heterocycles. The summed E-state index contributed by atoms with van der Waals surface area (Å²) < 4.78 is 5.77. The van der Waals surface area contributed by atoms with Gasteiger partial charge in [0.25, 0.3) is 0 Å². The Labute approximate surface area is 122 Å². The Hall–Kier alpha value is -1.06. The maximum absolute atomic E-state index is 10.1. The zero-order valence-corrected chi connectivity index (χ0v) is 12.9. The van der Waals surface area contributed by atoms with Gasteiger partial charge in [0.05, 0.1) is 0 Å². The van der Waals surface area contributed by atoms with Crippen molar-refractivity contribution in [2.45, 2.75) is 39.7 Å². The van der Waals surface area contributed by atoms with Gasteiger partial charge in [-0.05, 0) is 56.3 Å². The standard InChI is InChI=1S/C17H27NO2/c1-13-6-5-9-18(10-13)11-16(19)12-20-17-8-4-7-14(2)15(17)3/h4,7-8,13,16,19H,5-6,9-12H2,1-3H3/t13-,16+/m1/s1. The Bertz CT molecular complexity index is 433. The number of likely N-dealkylation sites (tertiary alicyclic amines) is 1. The van der Waals surface area contributed by atoms with Crippen LogP contribution < -0.4 is 4.74 Å². The molecular weight excluding hydrogens is 250 g/mol. The molecule has 1 N–H and O–H groups in total. The van der Waals surface area contributed by atoms with Gasteiger partial charge in [0.15, 0.2) is 0 Å². The number of rotatable bonds is 5. The van der Waals surface area contributed by atoms with Gasteiger partial charge in [-0.1, -0.05) is 19.1 Å². The molecule has 0 aliphatic carbocycles. The number of β-amino-alcohol motifs (C(OH)–C–C–N with tert-alkyl or cyclic N) is 1. The van der Waals surface area contributed by atoms with Crippen molar-refractivity contribution in [3.8, 4) is 5.75 Å². The Kier molecular flexibility index (Phi) is 5.44. The number of hydrogen-bond donors (Lipinski definition) is 1. The molecule has 1 aromatic rings. The van der Waals surface area contributed by atoms with Crippen molar-refractivity contribution in [3.05, 3.63) is 29.3 Å². The van der Waals surface area contributed by atoms with E-state index in [1.807, 2.05) is 12.1 Å². The smallest absolute Gasteiger partial charge is 0.122 e. The van der Waals surface area contributed by atoms with E-state index < -0.39 is 6.10 Å². The lowest BCUT2D eigenvalue weighted by molar-refractivity contribution is 0.0535. The molecule has 0 saturated carbocycles. The van der Waals surface area contributed by atoms with Gasteiger partial charge < -0.3 is 14.7 Å². The van der Waals surface area contributed by atoms with Crippen molar-refractivity contribution in [2.75, 3.05) is 26.2 Å². The molecule has 1 aliphatic rings. The minimum absolute atomic E-state index is 0.370. The normalized spacial score (nSPS) is 21.7. The van der Waals surface area contributed by atoms with E-state index in [-0.39, 0.29) is 0 Å². The Balaban J connectivity index is 1.80. The number of ether oxygens (including phenoxy) is 1. The SMILES string of the molecule is Cc1cccc(OC[C@@H](O)CN2CCC[C@@H](C)C2)c1C. The number of nitrogens with zero attached hydrogens (tertiary/aromatic N) is 1. The highest BCUT2D eigenvalue weighted by molar-refractivity contribution is 5.38. The van der Waals surface area contributed by atoms with Crippen LogP contribution in [0.15, 0.2) is 18.2 Å². The molecule has 3 heteroatoms. The predicted molar refractivity (Wildman–Crippen MR) is 82.3 cm³/mol. The molecule has 1 aromatic carbocycles. The molecule has 20 heavy (non-hydrogen) atoms. The minimum Gasteiger partial charge on any atom is -0.491 e. The second-order valence-corrected chi connectivity index (χ2v) is 6.17. The van der Waals surface area contributed by atoms with Gasteiger partial charge in [0.2, 0.25) is 0 Å². The first-order chi connectivity index (χ1) is 9.56. The lowest BCUT2D eigenvalue weighted by Crippen LogP contribution is -2.41. The van der Waals surface area contributed by atoms with Crippen LogP contribution in [0.3, 0.4) is 0 Å². The highest BCUT2D eigenvalue weighted by Gasteiger charge is 2.19. The third-order valence-electron chi connectivity index (χ3n) is 4.20. The van der Waals surface area contributed by atoms with E-state index >= 15 is 0 Å². The molecule has 112 valence electrons. The van der Waals surface area contributed by atoms with Crippen molar-refractivity contribution in [2.24, 2.45) is 5.92 Å². The van der Waals surface area contributed by atoms with Crippen molar-refractivity contribution >= 4 is 0 Å². The molecule has 1 saturated heterocycles. The van der Waals surface area contributed by atoms with Crippen molar-refractivity contribution < 1.29 is 9.84 Å². The van der Waals surface area contributed by atoms with Gasteiger partial charge >= 0.3 is 0 Å². The van der Waals surface area contributed by atoms with E-state index in [4.69, 9.17) is 4.74 Å². The lowest BCUT2D eigenvalue weighted by atomic mass is 10.0. The van der Waals surface area contributed by atoms with E-state index in [1.165, 1.54) is 18.4 Å². The summed E-state index contributed by atoms with van der Waals surface area (Å²) in [4.78, 5) is 2.35. The van der Waals surface area contributed by atoms with Crippen molar-refractivity contribution in [1.29, 1.82) is 0 Å². The fraction of sp³-hybridized carbons (Fsp3) is 0.647. The number of aliphatic hydroxyl groups excluding tert-OH is 1. The van der Waals surface area contributed by atoms with Crippen molar-refractivity contribution in [1.82, 2.24) is 4.90 Å². The summed E-state index contributed by atoms with van der Waals surface area (Å²) in [5.41, 5.74) is 2.38. The summed E-state index contributed by atoms with van der Waals surface area (Å²) in [6.45, 7) is 9.71. The summed E-state index contributed by atoms with van der Waals surface area (Å²) >= 11 is 0. The maximum atomic E-state index is 10.1. The summed E-state index contributed by atoms with van der Waals surface area (Å²) in [6, 6.07) is 6.04. The molecule has 0 unspecified atom stereocenters. The highest BCUT2D eigenvalue weighted by atomic mass is 16.5. The highest BCUT2D eigenvalue weighted by Crippen LogP contribution is 2.21. The van der Waals surface area contributed by atoms with Crippen LogP contribution in [0.2, 0.25) is 0 Å². The average molecular weight is 277 g/mol. The number of aryl methyl sites for hydroxylation is 1. The Morgan fingerprint density at radius 3 is 2.95 bits per heavy atom. The first kappa shape index (κ1) is 15.3. The zero-order valence-electron chi connectivity index (χ0n) is 12.9.